The van der Waals surface area contributed by atoms with Crippen LogP contribution in [0.5, 0.6) is 11.5 Å². The zero-order valence-electron chi connectivity index (χ0n) is 25.8. The Morgan fingerprint density at radius 1 is 1.02 bits per heavy atom. The number of carbonyl (C=O) groups is 4. The molecule has 0 unspecified atom stereocenters. The fourth-order valence-corrected chi connectivity index (χ4v) is 4.47. The summed E-state index contributed by atoms with van der Waals surface area (Å²) < 4.78 is 22.2. The Balaban J connectivity index is 1.82. The van der Waals surface area contributed by atoms with E-state index in [1.54, 1.807) is 50.2 Å². The highest BCUT2D eigenvalue weighted by Gasteiger charge is 2.21. The van der Waals surface area contributed by atoms with Crippen LogP contribution in [0, 0.1) is 5.41 Å². The topological polar surface area (TPSA) is 191 Å². The lowest BCUT2D eigenvalue weighted by atomic mass is 10.1. The summed E-state index contributed by atoms with van der Waals surface area (Å²) >= 11 is 0. The molecule has 1 fully saturated rings. The lowest BCUT2D eigenvalue weighted by molar-refractivity contribution is -0.144. The average molecular weight is 624 g/mol. The monoisotopic (exact) mass is 623 g/mol. The van der Waals surface area contributed by atoms with Crippen molar-refractivity contribution in [3.05, 3.63) is 64.9 Å². The number of esters is 2. The van der Waals surface area contributed by atoms with E-state index >= 15 is 0 Å². The van der Waals surface area contributed by atoms with Crippen molar-refractivity contribution in [2.24, 2.45) is 5.73 Å². The van der Waals surface area contributed by atoms with E-state index in [1.807, 2.05) is 0 Å². The SMILES string of the molecule is CCOC(=O)C[C@H](COc1cc(C(=N)N)ccc1C=C(NC(C)=O)C(=O)OCC)NC(=O)c1ccc(OC2CCNCC2)cc1. The van der Waals surface area contributed by atoms with Crippen LogP contribution < -0.4 is 31.2 Å². The van der Waals surface area contributed by atoms with Crippen LogP contribution in [0.2, 0.25) is 0 Å². The summed E-state index contributed by atoms with van der Waals surface area (Å²) in [6, 6.07) is 10.5. The summed E-state index contributed by atoms with van der Waals surface area (Å²) in [6.07, 6.45) is 3.10. The molecule has 1 atom stereocenters. The van der Waals surface area contributed by atoms with Crippen LogP contribution in [-0.4, -0.2) is 74.6 Å². The summed E-state index contributed by atoms with van der Waals surface area (Å²) in [4.78, 5) is 49.8. The van der Waals surface area contributed by atoms with Gasteiger partial charge in [-0.15, -0.1) is 0 Å². The van der Waals surface area contributed by atoms with Gasteiger partial charge in [0.2, 0.25) is 5.91 Å². The molecule has 0 spiro atoms. The number of hydrogen-bond donors (Lipinski definition) is 5. The highest BCUT2D eigenvalue weighted by Crippen LogP contribution is 2.24. The van der Waals surface area contributed by atoms with Gasteiger partial charge in [0.05, 0.1) is 25.7 Å². The molecule has 2 aromatic carbocycles. The number of benzene rings is 2. The van der Waals surface area contributed by atoms with Crippen LogP contribution in [0.1, 0.15) is 61.5 Å². The van der Waals surface area contributed by atoms with Crippen molar-refractivity contribution >= 4 is 35.7 Å². The molecular formula is C32H41N5O8. The molecule has 45 heavy (non-hydrogen) atoms. The standard InChI is InChI=1S/C32H41N5O8/c1-4-42-29(39)18-24(37-31(40)21-8-10-25(11-9-21)45-26-12-14-35-15-13-26)19-44-28-17-23(30(33)34)7-6-22(28)16-27(36-20(3)38)32(41)43-5-2/h6-11,16-17,24,26,35H,4-5,12-15,18-19H2,1-3H3,(H3,33,34)(H,36,38)(H,37,40)/t24-/m1/s1. The molecule has 2 aromatic rings. The summed E-state index contributed by atoms with van der Waals surface area (Å²) in [5.74, 6) is -1.60. The van der Waals surface area contributed by atoms with E-state index in [2.05, 4.69) is 16.0 Å². The normalized spacial score (nSPS) is 14.1. The first-order valence-electron chi connectivity index (χ1n) is 14.8. The molecule has 1 heterocycles. The minimum Gasteiger partial charge on any atom is -0.491 e. The number of carbonyl (C=O) groups excluding carboxylic acids is 4. The molecule has 1 saturated heterocycles. The molecule has 3 rings (SSSR count). The van der Waals surface area contributed by atoms with Gasteiger partial charge in [0.25, 0.3) is 5.91 Å². The van der Waals surface area contributed by atoms with E-state index in [-0.39, 0.29) is 49.6 Å². The largest absolute Gasteiger partial charge is 0.491 e. The first-order valence-corrected chi connectivity index (χ1v) is 14.8. The van der Waals surface area contributed by atoms with Gasteiger partial charge in [-0.2, -0.15) is 0 Å². The van der Waals surface area contributed by atoms with Crippen molar-refractivity contribution in [3.8, 4) is 11.5 Å². The number of piperidine rings is 1. The predicted octanol–water partition coefficient (Wildman–Crippen LogP) is 2.27. The Bertz CT molecular complexity index is 1390. The van der Waals surface area contributed by atoms with E-state index in [1.165, 1.54) is 19.1 Å². The fourth-order valence-electron chi connectivity index (χ4n) is 4.47. The van der Waals surface area contributed by atoms with Gasteiger partial charge in [-0.1, -0.05) is 12.1 Å². The van der Waals surface area contributed by atoms with Crippen molar-refractivity contribution < 1.29 is 38.1 Å². The predicted molar refractivity (Wildman–Crippen MR) is 167 cm³/mol. The fraction of sp³-hybridized carbons (Fsp3) is 0.406. The second-order valence-electron chi connectivity index (χ2n) is 10.2. The average Bonchev–Trinajstić information content (AvgIpc) is 3.00. The Hall–Kier alpha value is -4.91. The second-order valence-corrected chi connectivity index (χ2v) is 10.2. The zero-order chi connectivity index (χ0) is 32.8. The second kappa shape index (κ2) is 17.4. The Morgan fingerprint density at radius 3 is 2.31 bits per heavy atom. The van der Waals surface area contributed by atoms with Crippen LogP contribution in [-0.2, 0) is 23.9 Å². The van der Waals surface area contributed by atoms with E-state index in [0.717, 1.165) is 25.9 Å². The maximum Gasteiger partial charge on any atom is 0.354 e. The van der Waals surface area contributed by atoms with Crippen molar-refractivity contribution in [1.82, 2.24) is 16.0 Å². The highest BCUT2D eigenvalue weighted by atomic mass is 16.5. The van der Waals surface area contributed by atoms with Crippen molar-refractivity contribution in [2.75, 3.05) is 32.9 Å². The number of hydrogen-bond acceptors (Lipinski definition) is 10. The van der Waals surface area contributed by atoms with E-state index in [9.17, 15) is 19.2 Å². The van der Waals surface area contributed by atoms with E-state index < -0.39 is 29.8 Å². The summed E-state index contributed by atoms with van der Waals surface area (Å²) in [6.45, 7) is 6.42. The quantitative estimate of drug-likeness (QED) is 0.0851. The molecule has 0 aromatic heterocycles. The minimum atomic E-state index is -0.820. The third kappa shape index (κ3) is 11.3. The van der Waals surface area contributed by atoms with Crippen LogP contribution in [0.4, 0.5) is 0 Å². The van der Waals surface area contributed by atoms with E-state index in [4.69, 9.17) is 30.1 Å². The number of nitrogens with one attached hydrogen (secondary N) is 4. The molecule has 0 aliphatic carbocycles. The van der Waals surface area contributed by atoms with Crippen molar-refractivity contribution in [3.63, 3.8) is 0 Å². The molecular weight excluding hydrogens is 582 g/mol. The first kappa shape index (κ1) is 34.6. The lowest BCUT2D eigenvalue weighted by Gasteiger charge is -2.24. The van der Waals surface area contributed by atoms with Crippen molar-refractivity contribution in [2.45, 2.75) is 52.2 Å². The third-order valence-electron chi connectivity index (χ3n) is 6.63. The number of rotatable bonds is 15. The molecule has 0 saturated carbocycles. The number of nitrogens with two attached hydrogens (primary N) is 1. The molecule has 242 valence electrons. The Morgan fingerprint density at radius 2 is 1.69 bits per heavy atom. The third-order valence-corrected chi connectivity index (χ3v) is 6.63. The summed E-state index contributed by atoms with van der Waals surface area (Å²) in [5, 5.41) is 16.4. The molecule has 13 nitrogen and oxygen atoms in total. The molecule has 0 bridgehead atoms. The molecule has 1 aliphatic rings. The first-order chi connectivity index (χ1) is 21.6. The Kier molecular flexibility index (Phi) is 13.4. The van der Waals surface area contributed by atoms with Gasteiger partial charge < -0.3 is 40.6 Å². The molecule has 13 heteroatoms. The minimum absolute atomic E-state index is 0.0889. The Labute approximate surface area is 262 Å². The molecule has 6 N–H and O–H groups in total. The van der Waals surface area contributed by atoms with Crippen LogP contribution in [0.25, 0.3) is 6.08 Å². The number of amidine groups is 1. The van der Waals surface area contributed by atoms with Gasteiger partial charge in [-0.05, 0) is 76.2 Å². The van der Waals surface area contributed by atoms with E-state index in [0.29, 0.717) is 22.4 Å². The molecule has 2 amide bonds. The van der Waals surface area contributed by atoms with Gasteiger partial charge >= 0.3 is 11.9 Å². The van der Waals surface area contributed by atoms with Crippen molar-refractivity contribution in [1.29, 1.82) is 5.41 Å². The smallest absolute Gasteiger partial charge is 0.354 e. The lowest BCUT2D eigenvalue weighted by Crippen LogP contribution is -2.41. The van der Waals surface area contributed by atoms with Crippen LogP contribution in [0.15, 0.2) is 48.2 Å². The maximum atomic E-state index is 13.2. The summed E-state index contributed by atoms with van der Waals surface area (Å²) in [7, 11) is 0. The number of amides is 2. The van der Waals surface area contributed by atoms with Crippen LogP contribution >= 0.6 is 0 Å². The molecule has 0 radical (unpaired) electrons. The summed E-state index contributed by atoms with van der Waals surface area (Å²) in [5.41, 5.74) is 6.60. The number of ether oxygens (including phenoxy) is 4. The highest BCUT2D eigenvalue weighted by molar-refractivity contribution is 5.99. The zero-order valence-corrected chi connectivity index (χ0v) is 25.8. The van der Waals surface area contributed by atoms with Gasteiger partial charge in [-0.25, -0.2) is 4.79 Å². The maximum absolute atomic E-state index is 13.2. The van der Waals surface area contributed by atoms with Gasteiger partial charge in [0.15, 0.2) is 0 Å². The molecule has 1 aliphatic heterocycles. The van der Waals surface area contributed by atoms with Crippen LogP contribution in [0.3, 0.4) is 0 Å². The van der Waals surface area contributed by atoms with Gasteiger partial charge in [0.1, 0.15) is 35.7 Å². The van der Waals surface area contributed by atoms with Gasteiger partial charge in [0, 0.05) is 23.6 Å². The number of nitrogen functional groups attached to an aromatic ring is 1. The van der Waals surface area contributed by atoms with Gasteiger partial charge in [-0.3, -0.25) is 19.8 Å².